The van der Waals surface area contributed by atoms with E-state index in [0.29, 0.717) is 24.1 Å². The number of ether oxygens (including phenoxy) is 2. The minimum Gasteiger partial charge on any atom is -0.457 e. The summed E-state index contributed by atoms with van der Waals surface area (Å²) in [6.07, 6.45) is 68.1. The van der Waals surface area contributed by atoms with Crippen molar-refractivity contribution in [2.75, 3.05) is 54.1 Å². The average molecular weight is 959 g/mol. The highest BCUT2D eigenvalue weighted by Crippen LogP contribution is 2.43. The molecule has 0 aromatic heterocycles. The summed E-state index contributed by atoms with van der Waals surface area (Å²) in [6, 6.07) is 0. The molecule has 0 aromatic carbocycles. The first-order valence-electron chi connectivity index (χ1n) is 27.3. The van der Waals surface area contributed by atoms with Gasteiger partial charge in [0.25, 0.3) is 0 Å². The molecule has 0 bridgehead atoms. The molecule has 0 spiro atoms. The van der Waals surface area contributed by atoms with Gasteiger partial charge in [0.15, 0.2) is 0 Å². The molecule has 8 nitrogen and oxygen atoms in total. The van der Waals surface area contributed by atoms with Gasteiger partial charge in [0.2, 0.25) is 0 Å². The summed E-state index contributed by atoms with van der Waals surface area (Å²) in [5, 5.41) is 0. The largest absolute Gasteiger partial charge is 0.472 e. The number of allylic oxidation sites excluding steroid dienone is 14. The molecule has 0 radical (unpaired) electrons. The Kier molecular flexibility index (Phi) is 48.3. The van der Waals surface area contributed by atoms with Gasteiger partial charge in [0.05, 0.1) is 34.4 Å². The minimum atomic E-state index is -4.31. The van der Waals surface area contributed by atoms with E-state index in [-0.39, 0.29) is 26.2 Å². The molecular weight excluding hydrogens is 854 g/mol. The number of likely N-dealkylation sites (N-methyl/N-ethyl adjacent to an activating group) is 1. The lowest BCUT2D eigenvalue weighted by Crippen LogP contribution is -2.37. The topological polar surface area (TPSA) is 91.3 Å². The van der Waals surface area contributed by atoms with Crippen LogP contribution in [0.4, 0.5) is 0 Å². The Bertz CT molecular complexity index is 1340. The Hall–Kier alpha value is -2.32. The summed E-state index contributed by atoms with van der Waals surface area (Å²) in [5.74, 6) is -0.395. The van der Waals surface area contributed by atoms with Gasteiger partial charge in [-0.25, -0.2) is 4.57 Å². The van der Waals surface area contributed by atoms with Crippen LogP contribution in [0.15, 0.2) is 85.1 Å². The number of nitrogens with zero attached hydrogens (tertiary/aromatic N) is 1. The van der Waals surface area contributed by atoms with E-state index in [1.165, 1.54) is 141 Å². The first kappa shape index (κ1) is 64.7. The molecule has 0 aliphatic rings. The Labute approximate surface area is 414 Å². The first-order valence-corrected chi connectivity index (χ1v) is 28.8. The lowest BCUT2D eigenvalue weighted by molar-refractivity contribution is -0.870. The molecule has 0 aromatic rings. The number of unbranched alkanes of at least 4 members (excludes halogenated alkanes) is 22. The van der Waals surface area contributed by atoms with Crippen LogP contribution in [0.3, 0.4) is 0 Å². The van der Waals surface area contributed by atoms with E-state index >= 15 is 0 Å². The van der Waals surface area contributed by atoms with Crippen LogP contribution in [0.2, 0.25) is 0 Å². The first-order chi connectivity index (χ1) is 32.6. The van der Waals surface area contributed by atoms with Gasteiger partial charge >= 0.3 is 13.8 Å². The molecule has 0 aliphatic heterocycles. The number of rotatable bonds is 50. The molecule has 67 heavy (non-hydrogen) atoms. The quantitative estimate of drug-likeness (QED) is 0.0213. The van der Waals surface area contributed by atoms with E-state index in [1.807, 2.05) is 33.3 Å². The number of hydrogen-bond acceptors (Lipinski definition) is 6. The second-order valence-electron chi connectivity index (χ2n) is 19.2. The van der Waals surface area contributed by atoms with Gasteiger partial charge in [-0.1, -0.05) is 221 Å². The van der Waals surface area contributed by atoms with Crippen molar-refractivity contribution >= 4 is 13.8 Å². The number of carbonyl (C=O) groups excluding carboxylic acids is 1. The van der Waals surface area contributed by atoms with Gasteiger partial charge in [-0.05, 0) is 77.0 Å². The summed E-state index contributed by atoms with van der Waals surface area (Å²) in [5.41, 5.74) is 0. The lowest BCUT2D eigenvalue weighted by atomic mass is 10.0. The average Bonchev–Trinajstić information content (AvgIpc) is 3.29. The summed E-state index contributed by atoms with van der Waals surface area (Å²) in [6.45, 7) is 5.41. The molecule has 0 aliphatic carbocycles. The summed E-state index contributed by atoms with van der Waals surface area (Å²) >= 11 is 0. The van der Waals surface area contributed by atoms with Crippen LogP contribution in [0.25, 0.3) is 0 Å². The summed E-state index contributed by atoms with van der Waals surface area (Å²) in [4.78, 5) is 23.0. The standard InChI is InChI=1S/C58H104NO7P/c1-6-8-10-12-14-16-18-20-22-24-26-27-28-29-30-31-32-34-36-38-40-42-44-46-48-50-53-63-55-57(56-65-67(61,62)64-54-52-59(3,4)5)66-58(60)51-49-47-45-43-41-39-37-35-33-25-23-21-19-17-15-13-11-9-7-2/h9,11,15,17,21,23-24,26,33,35,39,41,45,47,57H,6-8,10,12-14,16,18-20,22,25,27-32,34,36-38,40,42-44,46,48-56H2,1-5H3/p+1/b11-9-,17-15-,23-21-,26-24-,35-33-,41-39-,47-45-. The van der Waals surface area contributed by atoms with Crippen molar-refractivity contribution in [2.24, 2.45) is 0 Å². The number of phosphoric acid groups is 1. The van der Waals surface area contributed by atoms with E-state index in [2.05, 4.69) is 86.8 Å². The Balaban J connectivity index is 4.17. The van der Waals surface area contributed by atoms with E-state index in [4.69, 9.17) is 18.5 Å². The second kappa shape index (κ2) is 50.1. The number of carbonyl (C=O) groups is 1. The fraction of sp³-hybridized carbons (Fsp3) is 0.741. The Morgan fingerprint density at radius 2 is 0.866 bits per heavy atom. The second-order valence-corrected chi connectivity index (χ2v) is 20.7. The highest BCUT2D eigenvalue weighted by atomic mass is 31.2. The fourth-order valence-electron chi connectivity index (χ4n) is 7.28. The van der Waals surface area contributed by atoms with Crippen molar-refractivity contribution in [1.82, 2.24) is 0 Å². The maximum Gasteiger partial charge on any atom is 0.472 e. The molecular formula is C58H105NO7P+. The predicted molar refractivity (Wildman–Crippen MR) is 288 cm³/mol. The van der Waals surface area contributed by atoms with Gasteiger partial charge in [-0.3, -0.25) is 13.8 Å². The van der Waals surface area contributed by atoms with Gasteiger partial charge in [0, 0.05) is 13.0 Å². The summed E-state index contributed by atoms with van der Waals surface area (Å²) < 4.78 is 35.1. The van der Waals surface area contributed by atoms with Gasteiger partial charge < -0.3 is 18.9 Å². The zero-order chi connectivity index (χ0) is 49.0. The third-order valence-corrected chi connectivity index (χ3v) is 12.4. The minimum absolute atomic E-state index is 0.0717. The smallest absolute Gasteiger partial charge is 0.457 e. The lowest BCUT2D eigenvalue weighted by Gasteiger charge is -2.24. The number of quaternary nitrogens is 1. The van der Waals surface area contributed by atoms with Crippen LogP contribution in [-0.2, 0) is 27.9 Å². The van der Waals surface area contributed by atoms with Crippen LogP contribution in [0, 0.1) is 0 Å². The molecule has 388 valence electrons. The van der Waals surface area contributed by atoms with E-state index in [1.54, 1.807) is 0 Å². The normalized spacial score (nSPS) is 14.2. The fourth-order valence-corrected chi connectivity index (χ4v) is 8.02. The predicted octanol–water partition coefficient (Wildman–Crippen LogP) is 17.2. The van der Waals surface area contributed by atoms with Crippen LogP contribution in [-0.4, -0.2) is 75.6 Å². The molecule has 2 atom stereocenters. The Morgan fingerprint density at radius 1 is 0.478 bits per heavy atom. The SMILES string of the molecule is CC/C=C\C/C=C\C/C=C\C/C=C\C/C=C\C/C=C\CCC(=O)OC(COCCCCCCCCCCCCCCCC/C=C\CCCCCCCCCC)COP(=O)(O)OCC[N+](C)(C)C. The van der Waals surface area contributed by atoms with E-state index in [9.17, 15) is 14.3 Å². The molecule has 0 fully saturated rings. The molecule has 0 saturated carbocycles. The molecule has 0 heterocycles. The van der Waals surface area contributed by atoms with Crippen molar-refractivity contribution in [3.63, 3.8) is 0 Å². The Morgan fingerprint density at radius 3 is 1.30 bits per heavy atom. The van der Waals surface area contributed by atoms with E-state index in [0.717, 1.165) is 51.4 Å². The highest BCUT2D eigenvalue weighted by molar-refractivity contribution is 7.47. The van der Waals surface area contributed by atoms with Crippen LogP contribution >= 0.6 is 7.82 Å². The van der Waals surface area contributed by atoms with Gasteiger partial charge in [-0.2, -0.15) is 0 Å². The van der Waals surface area contributed by atoms with Gasteiger partial charge in [-0.15, -0.1) is 0 Å². The van der Waals surface area contributed by atoms with Crippen LogP contribution in [0.1, 0.15) is 219 Å². The van der Waals surface area contributed by atoms with E-state index < -0.39 is 19.9 Å². The van der Waals surface area contributed by atoms with Crippen molar-refractivity contribution < 1.29 is 37.3 Å². The van der Waals surface area contributed by atoms with Crippen molar-refractivity contribution in [2.45, 2.75) is 225 Å². The molecule has 0 rings (SSSR count). The van der Waals surface area contributed by atoms with Crippen molar-refractivity contribution in [3.05, 3.63) is 85.1 Å². The third kappa shape index (κ3) is 54.5. The molecule has 0 amide bonds. The van der Waals surface area contributed by atoms with Crippen molar-refractivity contribution in [1.29, 1.82) is 0 Å². The van der Waals surface area contributed by atoms with Crippen molar-refractivity contribution in [3.8, 4) is 0 Å². The molecule has 9 heteroatoms. The highest BCUT2D eigenvalue weighted by Gasteiger charge is 2.26. The monoisotopic (exact) mass is 959 g/mol. The van der Waals surface area contributed by atoms with Crippen LogP contribution < -0.4 is 0 Å². The zero-order valence-electron chi connectivity index (χ0n) is 44.1. The molecule has 2 unspecified atom stereocenters. The molecule has 0 saturated heterocycles. The maximum atomic E-state index is 12.7. The number of hydrogen-bond donors (Lipinski definition) is 1. The van der Waals surface area contributed by atoms with Crippen LogP contribution in [0.5, 0.6) is 0 Å². The van der Waals surface area contributed by atoms with Gasteiger partial charge in [0.1, 0.15) is 19.3 Å². The third-order valence-electron chi connectivity index (χ3n) is 11.5. The zero-order valence-corrected chi connectivity index (χ0v) is 45.0. The summed E-state index contributed by atoms with van der Waals surface area (Å²) in [7, 11) is 1.62. The maximum absolute atomic E-state index is 12.7. The number of esters is 1. The number of phosphoric ester groups is 1. The molecule has 1 N–H and O–H groups in total.